The number of rotatable bonds is 3. The van der Waals surface area contributed by atoms with Gasteiger partial charge in [0.25, 0.3) is 0 Å². The first-order valence-electron chi connectivity index (χ1n) is 9.59. The third kappa shape index (κ3) is 2.48. The fourth-order valence-electron chi connectivity index (χ4n) is 4.65. The second-order valence-corrected chi connectivity index (χ2v) is 7.28. The number of ether oxygens (including phenoxy) is 1. The van der Waals surface area contributed by atoms with Gasteiger partial charge in [0.05, 0.1) is 18.7 Å². The van der Waals surface area contributed by atoms with E-state index in [-0.39, 0.29) is 0 Å². The zero-order valence-corrected chi connectivity index (χ0v) is 15.2. The summed E-state index contributed by atoms with van der Waals surface area (Å²) in [5, 5.41) is 8.75. The molecule has 0 bridgehead atoms. The molecule has 3 heterocycles. The van der Waals surface area contributed by atoms with Gasteiger partial charge in [-0.05, 0) is 54.8 Å². The molecule has 4 nitrogen and oxygen atoms in total. The molecule has 2 aromatic carbocycles. The number of anilines is 1. The number of aromatic nitrogens is 1. The summed E-state index contributed by atoms with van der Waals surface area (Å²) < 4.78 is 7.87. The van der Waals surface area contributed by atoms with E-state index in [0.717, 1.165) is 50.3 Å². The molecule has 1 aromatic heterocycles. The summed E-state index contributed by atoms with van der Waals surface area (Å²) in [4.78, 5) is 0. The number of aryl methyl sites for hydroxylation is 1. The van der Waals surface area contributed by atoms with Gasteiger partial charge < -0.3 is 19.9 Å². The molecule has 2 aliphatic rings. The van der Waals surface area contributed by atoms with Crippen LogP contribution in [0.4, 0.5) is 5.69 Å². The molecule has 4 heteroatoms. The monoisotopic (exact) mass is 347 g/mol. The number of benzene rings is 2. The molecule has 3 aromatic rings. The lowest BCUT2D eigenvalue weighted by atomic mass is 9.96. The summed E-state index contributed by atoms with van der Waals surface area (Å²) in [5.41, 5.74) is 7.16. The summed E-state index contributed by atoms with van der Waals surface area (Å²) in [5.74, 6) is 0.896. The number of nitrogens with one attached hydrogen (secondary N) is 2. The van der Waals surface area contributed by atoms with Crippen LogP contribution >= 0.6 is 0 Å². The smallest absolute Gasteiger partial charge is 0.119 e. The fourth-order valence-corrected chi connectivity index (χ4v) is 4.65. The second kappa shape index (κ2) is 6.36. The van der Waals surface area contributed by atoms with Gasteiger partial charge >= 0.3 is 0 Å². The lowest BCUT2D eigenvalue weighted by Crippen LogP contribution is -2.21. The molecule has 26 heavy (non-hydrogen) atoms. The molecule has 1 unspecified atom stereocenters. The Morgan fingerprint density at radius 2 is 1.92 bits per heavy atom. The van der Waals surface area contributed by atoms with Gasteiger partial charge in [0.2, 0.25) is 0 Å². The van der Waals surface area contributed by atoms with Crippen LogP contribution < -0.4 is 15.4 Å². The first kappa shape index (κ1) is 15.8. The van der Waals surface area contributed by atoms with E-state index in [1.165, 1.54) is 16.5 Å². The predicted octanol–water partition coefficient (Wildman–Crippen LogP) is 3.90. The Bertz CT molecular complexity index is 942. The largest absolute Gasteiger partial charge is 0.497 e. The van der Waals surface area contributed by atoms with Crippen molar-refractivity contribution >= 4 is 16.6 Å². The molecule has 5 rings (SSSR count). The summed E-state index contributed by atoms with van der Waals surface area (Å²) in [6.45, 7) is 3.27. The topological polar surface area (TPSA) is 38.2 Å². The van der Waals surface area contributed by atoms with Crippen molar-refractivity contribution in [3.05, 3.63) is 59.3 Å². The van der Waals surface area contributed by atoms with E-state index in [9.17, 15) is 0 Å². The Hall–Kier alpha value is -2.46. The van der Waals surface area contributed by atoms with Gasteiger partial charge in [0.1, 0.15) is 5.75 Å². The lowest BCUT2D eigenvalue weighted by molar-refractivity contribution is 0.415. The van der Waals surface area contributed by atoms with Crippen molar-refractivity contribution in [2.75, 3.05) is 25.5 Å². The summed E-state index contributed by atoms with van der Waals surface area (Å²) in [7, 11) is 1.71. The molecule has 0 amide bonds. The van der Waals surface area contributed by atoms with Gasteiger partial charge in [0.15, 0.2) is 0 Å². The molecule has 0 radical (unpaired) electrons. The van der Waals surface area contributed by atoms with Crippen molar-refractivity contribution in [1.29, 1.82) is 0 Å². The highest BCUT2D eigenvalue weighted by atomic mass is 16.5. The Balaban J connectivity index is 1.55. The maximum absolute atomic E-state index is 5.27. The average molecular weight is 347 g/mol. The van der Waals surface area contributed by atoms with Gasteiger partial charge in [-0.3, -0.25) is 0 Å². The van der Waals surface area contributed by atoms with Crippen LogP contribution in [-0.4, -0.2) is 24.8 Å². The summed E-state index contributed by atoms with van der Waals surface area (Å²) in [6.07, 6.45) is 3.39. The molecule has 0 saturated carbocycles. The minimum atomic E-state index is 0.358. The van der Waals surface area contributed by atoms with Crippen LogP contribution in [0.3, 0.4) is 0 Å². The van der Waals surface area contributed by atoms with E-state index in [2.05, 4.69) is 45.5 Å². The molecule has 2 aliphatic heterocycles. The van der Waals surface area contributed by atoms with Crippen LogP contribution in [0.5, 0.6) is 5.75 Å². The van der Waals surface area contributed by atoms with Crippen molar-refractivity contribution in [3.8, 4) is 5.75 Å². The molecular formula is C22H25N3O. The molecule has 134 valence electrons. The van der Waals surface area contributed by atoms with Crippen LogP contribution in [0.1, 0.15) is 29.3 Å². The van der Waals surface area contributed by atoms with Gasteiger partial charge in [0, 0.05) is 36.3 Å². The highest BCUT2D eigenvalue weighted by Gasteiger charge is 2.27. The van der Waals surface area contributed by atoms with Crippen molar-refractivity contribution in [2.24, 2.45) is 0 Å². The van der Waals surface area contributed by atoms with Crippen molar-refractivity contribution in [3.63, 3.8) is 0 Å². The summed E-state index contributed by atoms with van der Waals surface area (Å²) in [6, 6.07) is 15.4. The van der Waals surface area contributed by atoms with Crippen LogP contribution in [0, 0.1) is 0 Å². The lowest BCUT2D eigenvalue weighted by Gasteiger charge is -2.28. The standard InChI is InChI=1S/C22H25N3O/c1-26-16-7-5-15(6-8-16)24-20-11-14-25-21-10-13-23-12-9-17(21)18-3-2-4-19(20)22(18)25/h2-8,20,23-24H,9-14H2,1H3. The van der Waals surface area contributed by atoms with E-state index in [0.29, 0.717) is 6.04 Å². The van der Waals surface area contributed by atoms with Crippen molar-refractivity contribution in [1.82, 2.24) is 9.88 Å². The highest BCUT2D eigenvalue weighted by Crippen LogP contribution is 2.39. The predicted molar refractivity (Wildman–Crippen MR) is 106 cm³/mol. The van der Waals surface area contributed by atoms with Crippen LogP contribution in [0.2, 0.25) is 0 Å². The number of methoxy groups -OCH3 is 1. The SMILES string of the molecule is COc1ccc(NC2CCn3c4c(c5cccc2c53)CCNCC4)cc1. The first-order valence-corrected chi connectivity index (χ1v) is 9.59. The number of nitrogens with zero attached hydrogens (tertiary/aromatic N) is 1. The van der Waals surface area contributed by atoms with E-state index in [1.807, 2.05) is 12.1 Å². The fraction of sp³-hybridized carbons (Fsp3) is 0.364. The van der Waals surface area contributed by atoms with E-state index in [1.54, 1.807) is 18.4 Å². The van der Waals surface area contributed by atoms with Crippen LogP contribution in [0.15, 0.2) is 42.5 Å². The van der Waals surface area contributed by atoms with Crippen LogP contribution in [-0.2, 0) is 19.4 Å². The molecule has 0 fully saturated rings. The maximum atomic E-state index is 5.27. The second-order valence-electron chi connectivity index (χ2n) is 7.28. The Morgan fingerprint density at radius 1 is 1.08 bits per heavy atom. The Kier molecular flexibility index (Phi) is 3.86. The third-order valence-electron chi connectivity index (χ3n) is 5.87. The van der Waals surface area contributed by atoms with Gasteiger partial charge in [-0.15, -0.1) is 0 Å². The third-order valence-corrected chi connectivity index (χ3v) is 5.87. The number of hydrogen-bond acceptors (Lipinski definition) is 3. The number of para-hydroxylation sites is 1. The number of fused-ring (bicyclic) bond motifs is 3. The van der Waals surface area contributed by atoms with E-state index < -0.39 is 0 Å². The molecular weight excluding hydrogens is 322 g/mol. The Labute approximate surface area is 154 Å². The minimum Gasteiger partial charge on any atom is -0.497 e. The van der Waals surface area contributed by atoms with Gasteiger partial charge in [-0.2, -0.15) is 0 Å². The zero-order chi connectivity index (χ0) is 17.5. The van der Waals surface area contributed by atoms with Crippen molar-refractivity contribution < 1.29 is 4.74 Å². The average Bonchev–Trinajstić information content (AvgIpc) is 2.84. The normalized spacial score (nSPS) is 19.0. The molecule has 0 saturated heterocycles. The van der Waals surface area contributed by atoms with Gasteiger partial charge in [-0.25, -0.2) is 0 Å². The Morgan fingerprint density at radius 3 is 2.77 bits per heavy atom. The maximum Gasteiger partial charge on any atom is 0.119 e. The molecule has 2 N–H and O–H groups in total. The van der Waals surface area contributed by atoms with E-state index >= 15 is 0 Å². The van der Waals surface area contributed by atoms with Gasteiger partial charge in [-0.1, -0.05) is 18.2 Å². The quantitative estimate of drug-likeness (QED) is 0.755. The summed E-state index contributed by atoms with van der Waals surface area (Å²) >= 11 is 0. The zero-order valence-electron chi connectivity index (χ0n) is 15.2. The number of hydrogen-bond donors (Lipinski definition) is 2. The highest BCUT2D eigenvalue weighted by molar-refractivity contribution is 5.89. The molecule has 0 spiro atoms. The van der Waals surface area contributed by atoms with Crippen molar-refractivity contribution in [2.45, 2.75) is 31.8 Å². The first-order chi connectivity index (χ1) is 12.8. The van der Waals surface area contributed by atoms with Crippen LogP contribution in [0.25, 0.3) is 10.9 Å². The molecule has 0 aliphatic carbocycles. The minimum absolute atomic E-state index is 0.358. The molecule has 1 atom stereocenters. The van der Waals surface area contributed by atoms with E-state index in [4.69, 9.17) is 4.74 Å².